The van der Waals surface area contributed by atoms with Gasteiger partial charge in [-0.1, -0.05) is 54.1 Å². The second-order valence-corrected chi connectivity index (χ2v) is 8.85. The van der Waals surface area contributed by atoms with Crippen LogP contribution in [0.4, 0.5) is 11.4 Å². The number of carboxylic acid groups (broad SMARTS) is 1. The Hall–Kier alpha value is -3.65. The predicted octanol–water partition coefficient (Wildman–Crippen LogP) is 2.50. The van der Waals surface area contributed by atoms with Crippen LogP contribution < -0.4 is 14.7 Å². The molecule has 0 aromatic heterocycles. The van der Waals surface area contributed by atoms with Crippen LogP contribution in [0.5, 0.6) is 0 Å². The van der Waals surface area contributed by atoms with E-state index >= 15 is 0 Å². The van der Waals surface area contributed by atoms with Crippen LogP contribution in [0, 0.1) is 13.8 Å². The van der Waals surface area contributed by atoms with Gasteiger partial charge in [0, 0.05) is 11.3 Å². The van der Waals surface area contributed by atoms with Gasteiger partial charge in [0.2, 0.25) is 5.91 Å². The molecule has 0 saturated heterocycles. The SMILES string of the molecule is Cc1ccc(S(=O)(=O)N(CC(=O)Nc2ccccc2C(=O)[O-])c2ccccc2C)cc1. The number of aromatic carboxylic acids is 1. The highest BCUT2D eigenvalue weighted by Gasteiger charge is 2.28. The first-order valence-corrected chi connectivity index (χ1v) is 10.9. The Kier molecular flexibility index (Phi) is 6.41. The van der Waals surface area contributed by atoms with Crippen molar-refractivity contribution < 1.29 is 23.1 Å². The Morgan fingerprint density at radius 1 is 0.903 bits per heavy atom. The minimum absolute atomic E-state index is 0.0324. The number of amides is 1. The van der Waals surface area contributed by atoms with Crippen molar-refractivity contribution in [3.8, 4) is 0 Å². The number of para-hydroxylation sites is 2. The molecule has 3 rings (SSSR count). The Morgan fingerprint density at radius 3 is 2.16 bits per heavy atom. The summed E-state index contributed by atoms with van der Waals surface area (Å²) in [6, 6.07) is 18.9. The molecule has 0 radical (unpaired) electrons. The van der Waals surface area contributed by atoms with Crippen molar-refractivity contribution in [3.05, 3.63) is 89.5 Å². The summed E-state index contributed by atoms with van der Waals surface area (Å²) in [5, 5.41) is 13.8. The van der Waals surface area contributed by atoms with Crippen LogP contribution >= 0.6 is 0 Å². The molecule has 0 bridgehead atoms. The van der Waals surface area contributed by atoms with Gasteiger partial charge in [0.15, 0.2) is 0 Å². The lowest BCUT2D eigenvalue weighted by Gasteiger charge is -2.26. The molecule has 1 amide bonds. The minimum atomic E-state index is -4.06. The number of carbonyl (C=O) groups excluding carboxylic acids is 2. The van der Waals surface area contributed by atoms with E-state index in [1.165, 1.54) is 30.3 Å². The summed E-state index contributed by atoms with van der Waals surface area (Å²) < 4.78 is 27.8. The molecule has 8 heteroatoms. The van der Waals surface area contributed by atoms with E-state index < -0.39 is 28.4 Å². The Balaban J connectivity index is 1.98. The fourth-order valence-corrected chi connectivity index (χ4v) is 4.56. The van der Waals surface area contributed by atoms with E-state index in [4.69, 9.17) is 0 Å². The zero-order valence-corrected chi connectivity index (χ0v) is 17.8. The topological polar surface area (TPSA) is 107 Å². The van der Waals surface area contributed by atoms with Gasteiger partial charge < -0.3 is 15.2 Å². The van der Waals surface area contributed by atoms with Crippen molar-refractivity contribution in [3.63, 3.8) is 0 Å². The molecule has 31 heavy (non-hydrogen) atoms. The smallest absolute Gasteiger partial charge is 0.264 e. The average molecular weight is 437 g/mol. The molecule has 3 aromatic carbocycles. The maximum atomic E-state index is 13.4. The van der Waals surface area contributed by atoms with Crippen molar-refractivity contribution in [2.75, 3.05) is 16.2 Å². The first-order valence-electron chi connectivity index (χ1n) is 9.45. The second-order valence-electron chi connectivity index (χ2n) is 6.99. The second kappa shape index (κ2) is 9.01. The molecular formula is C23H21N2O5S-. The summed E-state index contributed by atoms with van der Waals surface area (Å²) in [5.74, 6) is -2.13. The van der Waals surface area contributed by atoms with Crippen molar-refractivity contribution >= 4 is 33.3 Å². The van der Waals surface area contributed by atoms with Gasteiger partial charge in [-0.05, 0) is 43.7 Å². The lowest BCUT2D eigenvalue weighted by molar-refractivity contribution is -0.254. The third-order valence-electron chi connectivity index (χ3n) is 4.70. The fourth-order valence-electron chi connectivity index (χ4n) is 3.07. The van der Waals surface area contributed by atoms with E-state index in [-0.39, 0.29) is 16.1 Å². The monoisotopic (exact) mass is 437 g/mol. The zero-order valence-electron chi connectivity index (χ0n) is 17.0. The number of nitrogens with one attached hydrogen (secondary N) is 1. The summed E-state index contributed by atoms with van der Waals surface area (Å²) in [6.07, 6.45) is 0. The van der Waals surface area contributed by atoms with Crippen LogP contribution in [-0.2, 0) is 14.8 Å². The summed E-state index contributed by atoms with van der Waals surface area (Å²) in [4.78, 5) is 24.1. The fraction of sp³-hybridized carbons (Fsp3) is 0.130. The van der Waals surface area contributed by atoms with Crippen LogP contribution in [0.2, 0.25) is 0 Å². The molecule has 3 aromatic rings. The van der Waals surface area contributed by atoms with Gasteiger partial charge >= 0.3 is 0 Å². The lowest BCUT2D eigenvalue weighted by Crippen LogP contribution is -2.39. The highest BCUT2D eigenvalue weighted by atomic mass is 32.2. The van der Waals surface area contributed by atoms with E-state index in [1.807, 2.05) is 6.92 Å². The average Bonchev–Trinajstić information content (AvgIpc) is 2.73. The number of hydrogen-bond acceptors (Lipinski definition) is 5. The third kappa shape index (κ3) is 4.92. The standard InChI is InChI=1S/C23H22N2O5S/c1-16-11-13-18(14-12-16)31(29,30)25(21-10-6-3-7-17(21)2)15-22(26)24-20-9-5-4-8-19(20)23(27)28/h3-14H,15H2,1-2H3,(H,24,26)(H,27,28)/p-1. The van der Waals surface area contributed by atoms with E-state index in [1.54, 1.807) is 49.4 Å². The molecule has 1 N–H and O–H groups in total. The third-order valence-corrected chi connectivity index (χ3v) is 6.48. The van der Waals surface area contributed by atoms with Crippen LogP contribution in [0.15, 0.2) is 77.7 Å². The van der Waals surface area contributed by atoms with Gasteiger partial charge in [-0.2, -0.15) is 0 Å². The van der Waals surface area contributed by atoms with Crippen molar-refractivity contribution in [1.82, 2.24) is 0 Å². The number of hydrogen-bond donors (Lipinski definition) is 1. The maximum absolute atomic E-state index is 13.4. The summed E-state index contributed by atoms with van der Waals surface area (Å²) in [5.41, 5.74) is 1.76. The van der Waals surface area contributed by atoms with E-state index in [2.05, 4.69) is 5.32 Å². The predicted molar refractivity (Wildman–Crippen MR) is 116 cm³/mol. The molecule has 0 atom stereocenters. The molecule has 0 fully saturated rings. The van der Waals surface area contributed by atoms with Gasteiger partial charge in [-0.25, -0.2) is 8.42 Å². The first-order chi connectivity index (χ1) is 14.7. The van der Waals surface area contributed by atoms with Crippen LogP contribution in [0.1, 0.15) is 21.5 Å². The molecule has 160 valence electrons. The Labute approximate surface area is 181 Å². The van der Waals surface area contributed by atoms with E-state index in [0.717, 1.165) is 9.87 Å². The Morgan fingerprint density at radius 2 is 1.52 bits per heavy atom. The Bertz CT molecular complexity index is 1220. The molecule has 0 heterocycles. The number of nitrogens with zero attached hydrogens (tertiary/aromatic N) is 1. The number of sulfonamides is 1. The maximum Gasteiger partial charge on any atom is 0.264 e. The number of rotatable bonds is 7. The molecule has 0 aliphatic rings. The van der Waals surface area contributed by atoms with Gasteiger partial charge in [0.1, 0.15) is 6.54 Å². The molecule has 0 aliphatic heterocycles. The van der Waals surface area contributed by atoms with Gasteiger partial charge in [0.25, 0.3) is 10.0 Å². The van der Waals surface area contributed by atoms with Gasteiger partial charge in [-0.3, -0.25) is 9.10 Å². The number of carbonyl (C=O) groups is 2. The van der Waals surface area contributed by atoms with Gasteiger partial charge in [-0.15, -0.1) is 0 Å². The highest BCUT2D eigenvalue weighted by molar-refractivity contribution is 7.92. The molecule has 0 unspecified atom stereocenters. The van der Waals surface area contributed by atoms with Gasteiger partial charge in [0.05, 0.1) is 16.6 Å². The van der Waals surface area contributed by atoms with E-state index in [9.17, 15) is 23.1 Å². The molecular weight excluding hydrogens is 416 g/mol. The van der Waals surface area contributed by atoms with Crippen molar-refractivity contribution in [2.45, 2.75) is 18.7 Å². The van der Waals surface area contributed by atoms with Crippen LogP contribution in [-0.4, -0.2) is 26.8 Å². The van der Waals surface area contributed by atoms with Crippen molar-refractivity contribution in [1.29, 1.82) is 0 Å². The quantitative estimate of drug-likeness (QED) is 0.611. The molecule has 0 saturated carbocycles. The largest absolute Gasteiger partial charge is 0.545 e. The summed E-state index contributed by atoms with van der Waals surface area (Å²) in [6.45, 7) is 3.05. The first kappa shape index (κ1) is 22.0. The van der Waals surface area contributed by atoms with Crippen molar-refractivity contribution in [2.24, 2.45) is 0 Å². The summed E-state index contributed by atoms with van der Waals surface area (Å²) >= 11 is 0. The minimum Gasteiger partial charge on any atom is -0.545 e. The number of aryl methyl sites for hydroxylation is 2. The normalized spacial score (nSPS) is 11.0. The highest BCUT2D eigenvalue weighted by Crippen LogP contribution is 2.27. The van der Waals surface area contributed by atoms with E-state index in [0.29, 0.717) is 11.3 Å². The lowest BCUT2D eigenvalue weighted by atomic mass is 10.2. The number of benzene rings is 3. The number of anilines is 2. The van der Waals surface area contributed by atoms with Crippen LogP contribution in [0.3, 0.4) is 0 Å². The zero-order chi connectivity index (χ0) is 22.6. The molecule has 0 aliphatic carbocycles. The summed E-state index contributed by atoms with van der Waals surface area (Å²) in [7, 11) is -4.06. The van der Waals surface area contributed by atoms with Crippen LogP contribution in [0.25, 0.3) is 0 Å². The number of carboxylic acids is 1. The molecule has 7 nitrogen and oxygen atoms in total. The molecule has 0 spiro atoms.